The minimum atomic E-state index is -0.624. The van der Waals surface area contributed by atoms with Gasteiger partial charge in [-0.05, 0) is 6.07 Å². The zero-order chi connectivity index (χ0) is 14.2. The Bertz CT molecular complexity index is 704. The predicted molar refractivity (Wildman–Crippen MR) is 65.6 cm³/mol. The van der Waals surface area contributed by atoms with Gasteiger partial charge in [-0.3, -0.25) is 19.7 Å². The zero-order valence-corrected chi connectivity index (χ0v) is 9.99. The predicted octanol–water partition coefficient (Wildman–Crippen LogP) is 0.632. The summed E-state index contributed by atoms with van der Waals surface area (Å²) in [5.41, 5.74) is 5.62. The van der Waals surface area contributed by atoms with E-state index in [1.54, 1.807) is 0 Å². The quantitative estimate of drug-likeness (QED) is 0.642. The average molecular weight is 262 g/mol. The van der Waals surface area contributed by atoms with Crippen molar-refractivity contribution in [2.24, 2.45) is 5.73 Å². The van der Waals surface area contributed by atoms with Gasteiger partial charge in [-0.1, -0.05) is 0 Å². The first-order valence-electron chi connectivity index (χ1n) is 5.35. The summed E-state index contributed by atoms with van der Waals surface area (Å²) in [6, 6.07) is 3.98. The van der Waals surface area contributed by atoms with E-state index in [4.69, 9.17) is 5.73 Å². The summed E-state index contributed by atoms with van der Waals surface area (Å²) in [6.45, 7) is 1.31. The number of rotatable bonds is 3. The molecule has 0 unspecified atom stereocenters. The molecule has 0 aliphatic rings. The topological polar surface area (TPSA) is 121 Å². The van der Waals surface area contributed by atoms with Crippen LogP contribution in [0.3, 0.4) is 0 Å². The van der Waals surface area contributed by atoms with Crippen LogP contribution in [0.25, 0.3) is 10.9 Å². The minimum Gasteiger partial charge on any atom is -0.369 e. The summed E-state index contributed by atoms with van der Waals surface area (Å²) in [6.07, 6.45) is -0.183. The molecule has 1 aromatic carbocycles. The van der Waals surface area contributed by atoms with E-state index in [0.29, 0.717) is 10.9 Å². The number of primary amides is 1. The van der Waals surface area contributed by atoms with E-state index >= 15 is 0 Å². The Balaban J connectivity index is 2.72. The van der Waals surface area contributed by atoms with Crippen molar-refractivity contribution < 1.29 is 14.5 Å². The molecule has 0 spiro atoms. The van der Waals surface area contributed by atoms with Gasteiger partial charge in [-0.15, -0.1) is 0 Å². The molecule has 0 radical (unpaired) electrons. The molecule has 0 bridgehead atoms. The van der Waals surface area contributed by atoms with Gasteiger partial charge in [-0.2, -0.15) is 5.10 Å². The maximum Gasteiger partial charge on any atom is 0.270 e. The van der Waals surface area contributed by atoms with Gasteiger partial charge in [0.2, 0.25) is 11.8 Å². The molecular formula is C11H10N4O4. The fraction of sp³-hybridized carbons (Fsp3) is 0.182. The number of non-ortho nitro benzene ring substituents is 1. The number of hydrogen-bond donors (Lipinski definition) is 1. The maximum absolute atomic E-state index is 11.4. The lowest BCUT2D eigenvalue weighted by molar-refractivity contribution is -0.384. The molecule has 8 heteroatoms. The molecule has 1 heterocycles. The Morgan fingerprint density at radius 1 is 1.47 bits per heavy atom. The Hall–Kier alpha value is -2.77. The number of carbonyl (C=O) groups is 2. The molecule has 2 aromatic rings. The highest BCUT2D eigenvalue weighted by Crippen LogP contribution is 2.24. The van der Waals surface area contributed by atoms with Gasteiger partial charge in [-0.25, -0.2) is 4.68 Å². The van der Waals surface area contributed by atoms with E-state index in [1.165, 1.54) is 25.1 Å². The van der Waals surface area contributed by atoms with Crippen molar-refractivity contribution in [1.29, 1.82) is 0 Å². The van der Waals surface area contributed by atoms with Crippen LogP contribution in [-0.2, 0) is 11.2 Å². The van der Waals surface area contributed by atoms with Crippen LogP contribution in [0.4, 0.5) is 5.69 Å². The summed E-state index contributed by atoms with van der Waals surface area (Å²) in [7, 11) is 0. The van der Waals surface area contributed by atoms with E-state index < -0.39 is 10.8 Å². The fourth-order valence-electron chi connectivity index (χ4n) is 1.82. The normalized spacial score (nSPS) is 10.6. The smallest absolute Gasteiger partial charge is 0.270 e. The molecule has 19 heavy (non-hydrogen) atoms. The van der Waals surface area contributed by atoms with E-state index in [9.17, 15) is 19.7 Å². The van der Waals surface area contributed by atoms with Crippen molar-refractivity contribution in [2.45, 2.75) is 13.3 Å². The molecule has 98 valence electrons. The Labute approximate surface area is 106 Å². The first kappa shape index (κ1) is 12.7. The molecule has 0 aliphatic carbocycles. The van der Waals surface area contributed by atoms with Gasteiger partial charge in [0.15, 0.2) is 0 Å². The first-order chi connectivity index (χ1) is 8.90. The average Bonchev–Trinajstić information content (AvgIpc) is 2.67. The monoisotopic (exact) mass is 262 g/mol. The molecule has 0 saturated heterocycles. The van der Waals surface area contributed by atoms with Crippen LogP contribution in [0.2, 0.25) is 0 Å². The lowest BCUT2D eigenvalue weighted by Gasteiger charge is -1.96. The second-order valence-corrected chi connectivity index (χ2v) is 3.98. The highest BCUT2D eigenvalue weighted by molar-refractivity contribution is 5.94. The number of fused-ring (bicyclic) bond motifs is 1. The number of benzene rings is 1. The van der Waals surface area contributed by atoms with Crippen LogP contribution in [0.5, 0.6) is 0 Å². The lowest BCUT2D eigenvalue weighted by atomic mass is 10.1. The number of nitrogens with two attached hydrogens (primary N) is 1. The van der Waals surface area contributed by atoms with Crippen molar-refractivity contribution in [3.8, 4) is 0 Å². The molecule has 2 N–H and O–H groups in total. The zero-order valence-electron chi connectivity index (χ0n) is 9.99. The van der Waals surface area contributed by atoms with Gasteiger partial charge in [0, 0.05) is 24.4 Å². The lowest BCUT2D eigenvalue weighted by Crippen LogP contribution is -2.15. The number of nitrogens with zero attached hydrogens (tertiary/aromatic N) is 3. The molecule has 0 aliphatic heterocycles. The van der Waals surface area contributed by atoms with Crippen LogP contribution in [0.1, 0.15) is 17.4 Å². The van der Waals surface area contributed by atoms with Gasteiger partial charge in [0.05, 0.1) is 22.6 Å². The van der Waals surface area contributed by atoms with Crippen molar-refractivity contribution in [2.75, 3.05) is 0 Å². The molecule has 0 fully saturated rings. The third kappa shape index (κ3) is 2.28. The van der Waals surface area contributed by atoms with E-state index in [2.05, 4.69) is 5.10 Å². The summed E-state index contributed by atoms with van der Waals surface area (Å²) >= 11 is 0. The van der Waals surface area contributed by atoms with Gasteiger partial charge in [0.1, 0.15) is 0 Å². The summed E-state index contributed by atoms with van der Waals surface area (Å²) in [4.78, 5) is 32.6. The minimum absolute atomic E-state index is 0.138. The molecule has 2 rings (SSSR count). The molecular weight excluding hydrogens is 252 g/mol. The molecule has 1 aromatic heterocycles. The number of nitro groups is 1. The van der Waals surface area contributed by atoms with E-state index in [0.717, 1.165) is 4.68 Å². The van der Waals surface area contributed by atoms with Crippen molar-refractivity contribution in [1.82, 2.24) is 9.78 Å². The van der Waals surface area contributed by atoms with Crippen LogP contribution < -0.4 is 5.73 Å². The third-order valence-corrected chi connectivity index (χ3v) is 2.59. The molecule has 0 saturated carbocycles. The molecule has 0 atom stereocenters. The summed E-state index contributed by atoms with van der Waals surface area (Å²) < 4.78 is 1.09. The van der Waals surface area contributed by atoms with Gasteiger partial charge < -0.3 is 5.73 Å². The van der Waals surface area contributed by atoms with Crippen molar-refractivity contribution >= 4 is 28.4 Å². The Kier molecular flexibility index (Phi) is 2.99. The van der Waals surface area contributed by atoms with Crippen LogP contribution in [0.15, 0.2) is 18.2 Å². The fourth-order valence-corrected chi connectivity index (χ4v) is 1.82. The SMILES string of the molecule is CC(=O)n1nc(CC(N)=O)c2cc([N+](=O)[O-])ccc21. The Morgan fingerprint density at radius 2 is 2.16 bits per heavy atom. The van der Waals surface area contributed by atoms with Crippen LogP contribution in [-0.4, -0.2) is 26.5 Å². The van der Waals surface area contributed by atoms with E-state index in [-0.39, 0.29) is 23.7 Å². The van der Waals surface area contributed by atoms with Gasteiger partial charge in [0.25, 0.3) is 5.69 Å². The van der Waals surface area contributed by atoms with Crippen LogP contribution in [0, 0.1) is 10.1 Å². The summed E-state index contributed by atoms with van der Waals surface area (Å²) in [5, 5.41) is 15.1. The van der Waals surface area contributed by atoms with Gasteiger partial charge >= 0.3 is 0 Å². The van der Waals surface area contributed by atoms with Crippen LogP contribution >= 0.6 is 0 Å². The number of aromatic nitrogens is 2. The molecule has 1 amide bonds. The summed E-state index contributed by atoms with van der Waals surface area (Å²) in [5.74, 6) is -0.976. The Morgan fingerprint density at radius 3 is 2.68 bits per heavy atom. The third-order valence-electron chi connectivity index (χ3n) is 2.59. The largest absolute Gasteiger partial charge is 0.369 e. The highest BCUT2D eigenvalue weighted by Gasteiger charge is 2.17. The number of hydrogen-bond acceptors (Lipinski definition) is 5. The standard InChI is InChI=1S/C11H10N4O4/c1-6(16)14-10-3-2-7(15(18)19)4-8(10)9(13-14)5-11(12)17/h2-4H,5H2,1H3,(H2,12,17). The highest BCUT2D eigenvalue weighted by atomic mass is 16.6. The van der Waals surface area contributed by atoms with Crippen molar-refractivity contribution in [3.63, 3.8) is 0 Å². The first-order valence-corrected chi connectivity index (χ1v) is 5.35. The van der Waals surface area contributed by atoms with Crippen molar-refractivity contribution in [3.05, 3.63) is 34.0 Å². The number of amides is 1. The second kappa shape index (κ2) is 4.48. The second-order valence-electron chi connectivity index (χ2n) is 3.98. The maximum atomic E-state index is 11.4. The van der Waals surface area contributed by atoms with E-state index in [1.807, 2.05) is 0 Å². The number of nitro benzene ring substituents is 1. The number of carbonyl (C=O) groups excluding carboxylic acids is 2. The molecule has 8 nitrogen and oxygen atoms in total.